The molecule has 0 saturated carbocycles. The summed E-state index contributed by atoms with van der Waals surface area (Å²) >= 11 is 6.03. The molecule has 2 rings (SSSR count). The molecule has 0 aliphatic carbocycles. The number of ether oxygens (including phenoxy) is 1. The number of aromatic hydroxyl groups is 1. The largest absolute Gasteiger partial charge is 0.504 e. The minimum absolute atomic E-state index is 0.114. The van der Waals surface area contributed by atoms with E-state index in [0.29, 0.717) is 22.9 Å². The zero-order chi connectivity index (χ0) is 15.6. The number of methoxy groups -OCH3 is 1. The zero-order valence-electron chi connectivity index (χ0n) is 12.6. The van der Waals surface area contributed by atoms with Crippen LogP contribution < -0.4 is 10.1 Å². The first-order valence-corrected chi connectivity index (χ1v) is 7.09. The summed E-state index contributed by atoms with van der Waals surface area (Å²) in [6, 6.07) is 3.44. The number of phenolic OH excluding ortho intramolecular Hbond substituents is 1. The van der Waals surface area contributed by atoms with E-state index in [9.17, 15) is 5.11 Å². The molecule has 114 valence electrons. The van der Waals surface area contributed by atoms with Crippen LogP contribution in [-0.4, -0.2) is 22.0 Å². The lowest BCUT2D eigenvalue weighted by Gasteiger charge is -2.15. The standard InChI is InChI=1S/C15H20ClN3O2/c1-9(13-8-18-19(3)10(13)2)17-7-11-5-12(16)6-14(21-4)15(11)20/h5-6,8-9,17,20H,7H2,1-4H3. The lowest BCUT2D eigenvalue weighted by Crippen LogP contribution is -2.18. The molecule has 0 radical (unpaired) electrons. The van der Waals surface area contributed by atoms with Gasteiger partial charge in [-0.25, -0.2) is 0 Å². The molecule has 2 N–H and O–H groups in total. The lowest BCUT2D eigenvalue weighted by atomic mass is 10.1. The van der Waals surface area contributed by atoms with Crippen LogP contribution in [0.3, 0.4) is 0 Å². The normalized spacial score (nSPS) is 12.4. The van der Waals surface area contributed by atoms with Crippen molar-refractivity contribution in [3.05, 3.63) is 40.2 Å². The van der Waals surface area contributed by atoms with Crippen molar-refractivity contribution in [3.63, 3.8) is 0 Å². The van der Waals surface area contributed by atoms with Gasteiger partial charge in [-0.3, -0.25) is 4.68 Å². The second-order valence-electron chi connectivity index (χ2n) is 5.03. The Kier molecular flexibility index (Phi) is 4.75. The van der Waals surface area contributed by atoms with E-state index in [4.69, 9.17) is 16.3 Å². The van der Waals surface area contributed by atoms with Gasteiger partial charge in [0.15, 0.2) is 11.5 Å². The van der Waals surface area contributed by atoms with Gasteiger partial charge in [0.2, 0.25) is 0 Å². The molecule has 1 aromatic carbocycles. The van der Waals surface area contributed by atoms with E-state index in [1.54, 1.807) is 12.1 Å². The van der Waals surface area contributed by atoms with Crippen LogP contribution in [0.1, 0.15) is 29.8 Å². The number of halogens is 1. The maximum atomic E-state index is 10.1. The van der Waals surface area contributed by atoms with E-state index in [-0.39, 0.29) is 11.8 Å². The molecule has 0 aliphatic rings. The second-order valence-corrected chi connectivity index (χ2v) is 5.46. The van der Waals surface area contributed by atoms with E-state index >= 15 is 0 Å². The average Bonchev–Trinajstić information content (AvgIpc) is 2.79. The first-order chi connectivity index (χ1) is 9.93. The van der Waals surface area contributed by atoms with E-state index in [1.807, 2.05) is 24.9 Å². The average molecular weight is 310 g/mol. The predicted octanol–water partition coefficient (Wildman–Crippen LogP) is 2.95. The molecule has 0 saturated heterocycles. The van der Waals surface area contributed by atoms with Gasteiger partial charge in [-0.1, -0.05) is 11.6 Å². The fourth-order valence-electron chi connectivity index (χ4n) is 2.23. The molecule has 6 heteroatoms. The molecule has 0 spiro atoms. The topological polar surface area (TPSA) is 59.3 Å². The van der Waals surface area contributed by atoms with Gasteiger partial charge in [0.1, 0.15) is 0 Å². The summed E-state index contributed by atoms with van der Waals surface area (Å²) < 4.78 is 6.95. The molecule has 0 fully saturated rings. The highest BCUT2D eigenvalue weighted by molar-refractivity contribution is 6.30. The summed E-state index contributed by atoms with van der Waals surface area (Å²) in [6.07, 6.45) is 1.85. The van der Waals surface area contributed by atoms with Crippen molar-refractivity contribution in [2.45, 2.75) is 26.4 Å². The highest BCUT2D eigenvalue weighted by Crippen LogP contribution is 2.33. The Morgan fingerprint density at radius 1 is 1.48 bits per heavy atom. The van der Waals surface area contributed by atoms with E-state index in [2.05, 4.69) is 17.3 Å². The SMILES string of the molecule is COc1cc(Cl)cc(CNC(C)c2cnn(C)c2C)c1O. The van der Waals surface area contributed by atoms with Gasteiger partial charge in [0, 0.05) is 47.5 Å². The van der Waals surface area contributed by atoms with Crippen LogP contribution in [0.4, 0.5) is 0 Å². The molecule has 1 aromatic heterocycles. The predicted molar refractivity (Wildman–Crippen MR) is 82.9 cm³/mol. The van der Waals surface area contributed by atoms with E-state index in [0.717, 1.165) is 11.3 Å². The summed E-state index contributed by atoms with van der Waals surface area (Å²) in [4.78, 5) is 0. The smallest absolute Gasteiger partial charge is 0.162 e. The number of aryl methyl sites for hydroxylation is 1. The number of hydrogen-bond donors (Lipinski definition) is 2. The maximum Gasteiger partial charge on any atom is 0.162 e. The van der Waals surface area contributed by atoms with Crippen LogP contribution in [0.25, 0.3) is 0 Å². The molecule has 2 aromatic rings. The molecule has 1 atom stereocenters. The number of aromatic nitrogens is 2. The fraction of sp³-hybridized carbons (Fsp3) is 0.400. The highest BCUT2D eigenvalue weighted by atomic mass is 35.5. The van der Waals surface area contributed by atoms with Crippen LogP contribution in [0, 0.1) is 6.92 Å². The van der Waals surface area contributed by atoms with Crippen LogP contribution in [0.5, 0.6) is 11.5 Å². The Hall–Kier alpha value is -1.72. The molecule has 0 amide bonds. The molecular weight excluding hydrogens is 290 g/mol. The molecular formula is C15H20ClN3O2. The van der Waals surface area contributed by atoms with Crippen LogP contribution in [-0.2, 0) is 13.6 Å². The van der Waals surface area contributed by atoms with E-state index < -0.39 is 0 Å². The van der Waals surface area contributed by atoms with Crippen molar-refractivity contribution >= 4 is 11.6 Å². The number of benzene rings is 1. The Bertz CT molecular complexity index is 640. The number of phenols is 1. The minimum Gasteiger partial charge on any atom is -0.504 e. The second kappa shape index (κ2) is 6.37. The number of nitrogens with one attached hydrogen (secondary N) is 1. The summed E-state index contributed by atoms with van der Waals surface area (Å²) in [7, 11) is 3.42. The van der Waals surface area contributed by atoms with Crippen LogP contribution >= 0.6 is 11.6 Å². The Morgan fingerprint density at radius 3 is 2.76 bits per heavy atom. The van der Waals surface area contributed by atoms with Gasteiger partial charge < -0.3 is 15.2 Å². The maximum absolute atomic E-state index is 10.1. The van der Waals surface area contributed by atoms with E-state index in [1.165, 1.54) is 7.11 Å². The van der Waals surface area contributed by atoms with Crippen LogP contribution in [0.2, 0.25) is 5.02 Å². The number of rotatable bonds is 5. The van der Waals surface area contributed by atoms with Gasteiger partial charge in [0.05, 0.1) is 13.3 Å². The third-order valence-corrected chi connectivity index (χ3v) is 3.90. The number of hydrogen-bond acceptors (Lipinski definition) is 4. The monoisotopic (exact) mass is 309 g/mol. The first kappa shape index (κ1) is 15.7. The third kappa shape index (κ3) is 3.31. The van der Waals surface area contributed by atoms with Gasteiger partial charge >= 0.3 is 0 Å². The highest BCUT2D eigenvalue weighted by Gasteiger charge is 2.14. The van der Waals surface area contributed by atoms with Gasteiger partial charge in [-0.05, 0) is 19.9 Å². The summed E-state index contributed by atoms with van der Waals surface area (Å²) in [5.41, 5.74) is 2.95. The molecule has 1 heterocycles. The number of nitrogens with zero attached hydrogens (tertiary/aromatic N) is 2. The fourth-order valence-corrected chi connectivity index (χ4v) is 2.46. The molecule has 1 unspecified atom stereocenters. The van der Waals surface area contributed by atoms with Gasteiger partial charge in [0.25, 0.3) is 0 Å². The first-order valence-electron chi connectivity index (χ1n) is 6.71. The van der Waals surface area contributed by atoms with Crippen molar-refractivity contribution < 1.29 is 9.84 Å². The Morgan fingerprint density at radius 2 is 2.19 bits per heavy atom. The van der Waals surface area contributed by atoms with Crippen molar-refractivity contribution in [1.29, 1.82) is 0 Å². The zero-order valence-corrected chi connectivity index (χ0v) is 13.4. The molecule has 21 heavy (non-hydrogen) atoms. The minimum atomic E-state index is 0.114. The molecule has 0 bridgehead atoms. The summed E-state index contributed by atoms with van der Waals surface area (Å²) in [6.45, 7) is 4.57. The van der Waals surface area contributed by atoms with Crippen molar-refractivity contribution in [2.75, 3.05) is 7.11 Å². The van der Waals surface area contributed by atoms with Gasteiger partial charge in [-0.15, -0.1) is 0 Å². The summed E-state index contributed by atoms with van der Waals surface area (Å²) in [5.74, 6) is 0.494. The molecule has 5 nitrogen and oxygen atoms in total. The van der Waals surface area contributed by atoms with Crippen molar-refractivity contribution in [3.8, 4) is 11.5 Å². The summed E-state index contributed by atoms with van der Waals surface area (Å²) in [5, 5.41) is 18.2. The third-order valence-electron chi connectivity index (χ3n) is 3.68. The molecule has 0 aliphatic heterocycles. The quantitative estimate of drug-likeness (QED) is 0.891. The van der Waals surface area contributed by atoms with Crippen molar-refractivity contribution in [2.24, 2.45) is 7.05 Å². The lowest BCUT2D eigenvalue weighted by molar-refractivity contribution is 0.369. The Balaban J connectivity index is 2.13. The van der Waals surface area contributed by atoms with Crippen molar-refractivity contribution in [1.82, 2.24) is 15.1 Å². The van der Waals surface area contributed by atoms with Gasteiger partial charge in [-0.2, -0.15) is 5.10 Å². The Labute approximate surface area is 129 Å². The van der Waals surface area contributed by atoms with Crippen LogP contribution in [0.15, 0.2) is 18.3 Å².